The molecule has 0 saturated carbocycles. The summed E-state index contributed by atoms with van der Waals surface area (Å²) in [5, 5.41) is 15.4. The van der Waals surface area contributed by atoms with Crippen LogP contribution < -0.4 is 0 Å². The molecule has 0 aliphatic carbocycles. The first-order chi connectivity index (χ1) is 12.6. The van der Waals surface area contributed by atoms with E-state index in [0.29, 0.717) is 22.3 Å². The SMILES string of the molecule is COCc1c(C(=O)N(C)OC)cnn1-c1ccnc2cc(C#N)ccc12. The van der Waals surface area contributed by atoms with Gasteiger partial charge in [0.05, 0.1) is 54.0 Å². The Bertz CT molecular complexity index is 1010. The van der Waals surface area contributed by atoms with E-state index >= 15 is 0 Å². The van der Waals surface area contributed by atoms with Gasteiger partial charge in [-0.15, -0.1) is 0 Å². The van der Waals surface area contributed by atoms with Crippen LogP contribution in [0.3, 0.4) is 0 Å². The minimum Gasteiger partial charge on any atom is -0.378 e. The van der Waals surface area contributed by atoms with E-state index in [2.05, 4.69) is 16.2 Å². The Morgan fingerprint density at radius 1 is 1.35 bits per heavy atom. The van der Waals surface area contributed by atoms with E-state index < -0.39 is 0 Å². The quantitative estimate of drug-likeness (QED) is 0.653. The highest BCUT2D eigenvalue weighted by Gasteiger charge is 2.22. The van der Waals surface area contributed by atoms with Crippen LogP contribution in [0.1, 0.15) is 21.6 Å². The minimum absolute atomic E-state index is 0.193. The van der Waals surface area contributed by atoms with E-state index in [0.717, 1.165) is 16.1 Å². The molecule has 0 N–H and O–H groups in total. The van der Waals surface area contributed by atoms with Crippen molar-refractivity contribution < 1.29 is 14.4 Å². The summed E-state index contributed by atoms with van der Waals surface area (Å²) in [7, 11) is 4.50. The normalized spacial score (nSPS) is 10.7. The van der Waals surface area contributed by atoms with Crippen LogP contribution in [0, 0.1) is 11.3 Å². The maximum Gasteiger partial charge on any atom is 0.280 e. The Labute approximate surface area is 150 Å². The number of carbonyl (C=O) groups excluding carboxylic acids is 1. The molecule has 1 aromatic carbocycles. The number of carbonyl (C=O) groups is 1. The monoisotopic (exact) mass is 351 g/mol. The van der Waals surface area contributed by atoms with E-state index in [1.807, 2.05) is 6.07 Å². The minimum atomic E-state index is -0.323. The van der Waals surface area contributed by atoms with Gasteiger partial charge in [0, 0.05) is 25.7 Å². The van der Waals surface area contributed by atoms with Crippen molar-refractivity contribution in [3.63, 3.8) is 0 Å². The molecule has 0 fully saturated rings. The van der Waals surface area contributed by atoms with Crippen molar-refractivity contribution in [2.24, 2.45) is 0 Å². The number of nitriles is 1. The van der Waals surface area contributed by atoms with Crippen LogP contribution in [0.25, 0.3) is 16.6 Å². The van der Waals surface area contributed by atoms with Crippen molar-refractivity contribution in [2.75, 3.05) is 21.3 Å². The van der Waals surface area contributed by atoms with Gasteiger partial charge in [0.15, 0.2) is 0 Å². The second-order valence-electron chi connectivity index (χ2n) is 5.51. The molecule has 0 spiro atoms. The Kier molecular flexibility index (Phi) is 4.93. The maximum atomic E-state index is 12.5. The van der Waals surface area contributed by atoms with Crippen molar-refractivity contribution in [1.29, 1.82) is 5.26 Å². The molecule has 26 heavy (non-hydrogen) atoms. The van der Waals surface area contributed by atoms with Gasteiger partial charge >= 0.3 is 0 Å². The molecule has 8 nitrogen and oxygen atoms in total. The summed E-state index contributed by atoms with van der Waals surface area (Å²) in [4.78, 5) is 21.8. The molecule has 1 amide bonds. The highest BCUT2D eigenvalue weighted by molar-refractivity contribution is 5.95. The van der Waals surface area contributed by atoms with Crippen LogP contribution in [-0.2, 0) is 16.2 Å². The Balaban J connectivity index is 2.18. The molecular formula is C18H17N5O3. The highest BCUT2D eigenvalue weighted by atomic mass is 16.7. The summed E-state index contributed by atoms with van der Waals surface area (Å²) in [6.45, 7) is 0.193. The lowest BCUT2D eigenvalue weighted by atomic mass is 10.1. The molecule has 0 unspecified atom stereocenters. The number of ether oxygens (including phenoxy) is 1. The van der Waals surface area contributed by atoms with E-state index in [1.54, 1.807) is 36.2 Å². The number of fused-ring (bicyclic) bond motifs is 1. The first-order valence-corrected chi connectivity index (χ1v) is 7.78. The maximum absolute atomic E-state index is 12.5. The zero-order chi connectivity index (χ0) is 18.7. The average molecular weight is 351 g/mol. The average Bonchev–Trinajstić information content (AvgIpc) is 3.09. The number of pyridine rings is 1. The molecule has 2 aromatic heterocycles. The lowest BCUT2D eigenvalue weighted by Gasteiger charge is -2.15. The molecule has 0 bridgehead atoms. The fraction of sp³-hybridized carbons (Fsp3) is 0.222. The number of hydrogen-bond donors (Lipinski definition) is 0. The van der Waals surface area contributed by atoms with Crippen molar-refractivity contribution in [3.05, 3.63) is 53.5 Å². The van der Waals surface area contributed by atoms with Gasteiger partial charge in [0.1, 0.15) is 0 Å². The van der Waals surface area contributed by atoms with Crippen molar-refractivity contribution in [3.8, 4) is 11.8 Å². The summed E-state index contributed by atoms with van der Waals surface area (Å²) in [6, 6.07) is 9.15. The van der Waals surface area contributed by atoms with E-state index in [9.17, 15) is 4.79 Å². The predicted molar refractivity (Wildman–Crippen MR) is 93.4 cm³/mol. The molecule has 3 rings (SSSR count). The molecule has 8 heteroatoms. The largest absolute Gasteiger partial charge is 0.378 e. The van der Waals surface area contributed by atoms with Crippen molar-refractivity contribution in [2.45, 2.75) is 6.61 Å². The van der Waals surface area contributed by atoms with E-state index in [4.69, 9.17) is 14.8 Å². The van der Waals surface area contributed by atoms with Gasteiger partial charge < -0.3 is 4.74 Å². The topological polar surface area (TPSA) is 93.3 Å². The molecule has 0 radical (unpaired) electrons. The van der Waals surface area contributed by atoms with Crippen LogP contribution in [0.15, 0.2) is 36.7 Å². The van der Waals surface area contributed by atoms with Gasteiger partial charge in [0.2, 0.25) is 0 Å². The van der Waals surface area contributed by atoms with Crippen LogP contribution >= 0.6 is 0 Å². The third-order valence-electron chi connectivity index (χ3n) is 4.02. The Morgan fingerprint density at radius 3 is 2.85 bits per heavy atom. The standard InChI is InChI=1S/C18H17N5O3/c1-22(26-3)18(24)14-10-21-23(17(14)11-25-2)16-6-7-20-15-8-12(9-19)4-5-13(15)16/h4-8,10H,11H2,1-3H3. The number of hydroxylamine groups is 2. The molecule has 2 heterocycles. The second-order valence-corrected chi connectivity index (χ2v) is 5.51. The summed E-state index contributed by atoms with van der Waals surface area (Å²) < 4.78 is 6.92. The number of rotatable bonds is 5. The number of aromatic nitrogens is 3. The van der Waals surface area contributed by atoms with Crippen LogP contribution in [0.4, 0.5) is 0 Å². The van der Waals surface area contributed by atoms with Crippen molar-refractivity contribution >= 4 is 16.8 Å². The van der Waals surface area contributed by atoms with Gasteiger partial charge in [-0.2, -0.15) is 10.4 Å². The van der Waals surface area contributed by atoms with Gasteiger partial charge in [0.25, 0.3) is 5.91 Å². The molecule has 132 valence electrons. The van der Waals surface area contributed by atoms with Crippen molar-refractivity contribution in [1.82, 2.24) is 19.8 Å². The first kappa shape index (κ1) is 17.5. The summed E-state index contributed by atoms with van der Waals surface area (Å²) in [5.74, 6) is -0.323. The lowest BCUT2D eigenvalue weighted by molar-refractivity contribution is -0.0758. The number of nitrogens with zero attached hydrogens (tertiary/aromatic N) is 5. The van der Waals surface area contributed by atoms with Gasteiger partial charge in [-0.05, 0) is 24.3 Å². The lowest BCUT2D eigenvalue weighted by Crippen LogP contribution is -2.26. The molecule has 0 atom stereocenters. The molecule has 0 aliphatic heterocycles. The third kappa shape index (κ3) is 3.01. The van der Waals surface area contributed by atoms with Gasteiger partial charge in [-0.3, -0.25) is 14.6 Å². The fourth-order valence-corrected chi connectivity index (χ4v) is 2.68. The smallest absolute Gasteiger partial charge is 0.280 e. The Hall–Kier alpha value is -3.28. The molecule has 0 saturated heterocycles. The number of amides is 1. The zero-order valence-corrected chi connectivity index (χ0v) is 14.6. The number of methoxy groups -OCH3 is 1. The summed E-state index contributed by atoms with van der Waals surface area (Å²) in [5.41, 5.74) is 2.92. The predicted octanol–water partition coefficient (Wildman–Crippen LogP) is 2.07. The van der Waals surface area contributed by atoms with E-state index in [1.165, 1.54) is 20.4 Å². The second kappa shape index (κ2) is 7.31. The van der Waals surface area contributed by atoms with Gasteiger partial charge in [-0.1, -0.05) is 0 Å². The third-order valence-corrected chi connectivity index (χ3v) is 4.02. The van der Waals surface area contributed by atoms with Crippen LogP contribution in [0.5, 0.6) is 0 Å². The fourth-order valence-electron chi connectivity index (χ4n) is 2.68. The summed E-state index contributed by atoms with van der Waals surface area (Å²) >= 11 is 0. The first-order valence-electron chi connectivity index (χ1n) is 7.78. The van der Waals surface area contributed by atoms with Crippen LogP contribution in [0.2, 0.25) is 0 Å². The number of benzene rings is 1. The summed E-state index contributed by atoms with van der Waals surface area (Å²) in [6.07, 6.45) is 3.13. The molecular weight excluding hydrogens is 334 g/mol. The Morgan fingerprint density at radius 2 is 2.15 bits per heavy atom. The number of hydrogen-bond acceptors (Lipinski definition) is 6. The zero-order valence-electron chi connectivity index (χ0n) is 14.6. The van der Waals surface area contributed by atoms with Crippen LogP contribution in [-0.4, -0.2) is 47.0 Å². The highest BCUT2D eigenvalue weighted by Crippen LogP contribution is 2.24. The molecule has 3 aromatic rings. The molecule has 0 aliphatic rings. The van der Waals surface area contributed by atoms with E-state index in [-0.39, 0.29) is 12.5 Å². The van der Waals surface area contributed by atoms with Gasteiger partial charge in [-0.25, -0.2) is 9.75 Å².